The molecule has 2 aromatic carbocycles. The molecule has 1 heterocycles. The van der Waals surface area contributed by atoms with Gasteiger partial charge in [-0.1, -0.05) is 18.2 Å². The Kier molecular flexibility index (Phi) is 5.29. The summed E-state index contributed by atoms with van der Waals surface area (Å²) in [6, 6.07) is 14.7. The maximum absolute atomic E-state index is 12.9. The van der Waals surface area contributed by atoms with Crippen molar-refractivity contribution in [2.75, 3.05) is 36.4 Å². The summed E-state index contributed by atoms with van der Waals surface area (Å²) in [7, 11) is -3.46. The molecule has 26 heavy (non-hydrogen) atoms. The van der Waals surface area contributed by atoms with Crippen molar-refractivity contribution < 1.29 is 13.2 Å². The zero-order valence-corrected chi connectivity index (χ0v) is 15.8. The molecule has 0 atom stereocenters. The monoisotopic (exact) mass is 373 g/mol. The van der Waals surface area contributed by atoms with Gasteiger partial charge >= 0.3 is 0 Å². The molecule has 6 nitrogen and oxygen atoms in total. The van der Waals surface area contributed by atoms with E-state index in [1.807, 2.05) is 43.3 Å². The van der Waals surface area contributed by atoms with Gasteiger partial charge in [0.1, 0.15) is 0 Å². The van der Waals surface area contributed by atoms with Gasteiger partial charge in [-0.05, 0) is 42.8 Å². The van der Waals surface area contributed by atoms with Crippen LogP contribution in [0.4, 0.5) is 11.4 Å². The lowest BCUT2D eigenvalue weighted by molar-refractivity contribution is -0.114. The lowest BCUT2D eigenvalue weighted by Crippen LogP contribution is -2.48. The second kappa shape index (κ2) is 7.47. The third kappa shape index (κ3) is 3.89. The molecule has 3 rings (SSSR count). The van der Waals surface area contributed by atoms with Crippen molar-refractivity contribution in [2.24, 2.45) is 0 Å². The number of piperazine rings is 1. The van der Waals surface area contributed by atoms with E-state index in [1.54, 1.807) is 16.4 Å². The second-order valence-electron chi connectivity index (χ2n) is 6.38. The summed E-state index contributed by atoms with van der Waals surface area (Å²) >= 11 is 0. The first-order valence-electron chi connectivity index (χ1n) is 8.56. The van der Waals surface area contributed by atoms with E-state index in [1.165, 1.54) is 6.92 Å². The summed E-state index contributed by atoms with van der Waals surface area (Å²) in [6.45, 7) is 5.45. The van der Waals surface area contributed by atoms with Crippen LogP contribution in [0.1, 0.15) is 12.5 Å². The van der Waals surface area contributed by atoms with Crippen molar-refractivity contribution >= 4 is 27.3 Å². The standard InChI is InChI=1S/C19H23N3O3S/c1-15-5-3-4-6-19(15)26(24,25)22-13-11-21(12-14-22)18-9-7-17(8-10-18)20-16(2)23/h3-10H,11-14H2,1-2H3,(H,20,23). The number of hydrogen-bond donors (Lipinski definition) is 1. The van der Waals surface area contributed by atoms with Crippen molar-refractivity contribution in [1.82, 2.24) is 4.31 Å². The highest BCUT2D eigenvalue weighted by molar-refractivity contribution is 7.89. The lowest BCUT2D eigenvalue weighted by Gasteiger charge is -2.35. The number of nitrogens with one attached hydrogen (secondary N) is 1. The summed E-state index contributed by atoms with van der Waals surface area (Å²) in [6.07, 6.45) is 0. The normalized spacial score (nSPS) is 15.7. The molecule has 2 aromatic rings. The van der Waals surface area contributed by atoms with Gasteiger partial charge in [-0.25, -0.2) is 8.42 Å². The summed E-state index contributed by atoms with van der Waals surface area (Å²) in [5.74, 6) is -0.104. The highest BCUT2D eigenvalue weighted by Gasteiger charge is 2.29. The van der Waals surface area contributed by atoms with Crippen LogP contribution in [0, 0.1) is 6.92 Å². The molecule has 7 heteroatoms. The van der Waals surface area contributed by atoms with Crippen LogP contribution in [-0.4, -0.2) is 44.8 Å². The number of benzene rings is 2. The van der Waals surface area contributed by atoms with Gasteiger partial charge in [-0.3, -0.25) is 4.79 Å². The van der Waals surface area contributed by atoms with E-state index in [0.29, 0.717) is 31.1 Å². The average molecular weight is 373 g/mol. The number of sulfonamides is 1. The van der Waals surface area contributed by atoms with E-state index < -0.39 is 10.0 Å². The first-order chi connectivity index (χ1) is 12.4. The molecule has 0 radical (unpaired) electrons. The van der Waals surface area contributed by atoms with E-state index in [9.17, 15) is 13.2 Å². The second-order valence-corrected chi connectivity index (χ2v) is 8.29. The molecule has 0 unspecified atom stereocenters. The molecule has 1 N–H and O–H groups in total. The average Bonchev–Trinajstić information content (AvgIpc) is 2.62. The first kappa shape index (κ1) is 18.4. The Bertz CT molecular complexity index is 887. The van der Waals surface area contributed by atoms with E-state index in [0.717, 1.165) is 16.9 Å². The molecule has 1 saturated heterocycles. The predicted molar refractivity (Wildman–Crippen MR) is 103 cm³/mol. The van der Waals surface area contributed by atoms with Crippen LogP contribution < -0.4 is 10.2 Å². The number of hydrogen-bond acceptors (Lipinski definition) is 4. The SMILES string of the molecule is CC(=O)Nc1ccc(N2CCN(S(=O)(=O)c3ccccc3C)CC2)cc1. The Morgan fingerprint density at radius 2 is 1.58 bits per heavy atom. The summed E-state index contributed by atoms with van der Waals surface area (Å²) < 4.78 is 27.3. The topological polar surface area (TPSA) is 69.7 Å². The highest BCUT2D eigenvalue weighted by Crippen LogP contribution is 2.24. The number of rotatable bonds is 4. The van der Waals surface area contributed by atoms with Crippen LogP contribution >= 0.6 is 0 Å². The molecule has 0 saturated carbocycles. The largest absolute Gasteiger partial charge is 0.369 e. The van der Waals surface area contributed by atoms with E-state index in [-0.39, 0.29) is 5.91 Å². The minimum Gasteiger partial charge on any atom is -0.369 e. The van der Waals surface area contributed by atoms with Gasteiger partial charge < -0.3 is 10.2 Å². The van der Waals surface area contributed by atoms with Crippen LogP contribution in [0.15, 0.2) is 53.4 Å². The van der Waals surface area contributed by atoms with E-state index in [4.69, 9.17) is 0 Å². The van der Waals surface area contributed by atoms with Gasteiger partial charge in [-0.15, -0.1) is 0 Å². The number of aryl methyl sites for hydroxylation is 1. The fraction of sp³-hybridized carbons (Fsp3) is 0.316. The van der Waals surface area contributed by atoms with Crippen LogP contribution in [0.5, 0.6) is 0 Å². The van der Waals surface area contributed by atoms with Crippen LogP contribution in [-0.2, 0) is 14.8 Å². The number of nitrogens with zero attached hydrogens (tertiary/aromatic N) is 2. The van der Waals surface area contributed by atoms with Gasteiger partial charge in [0, 0.05) is 44.5 Å². The molecular formula is C19H23N3O3S. The van der Waals surface area contributed by atoms with E-state index >= 15 is 0 Å². The Balaban J connectivity index is 1.67. The quantitative estimate of drug-likeness (QED) is 0.894. The molecule has 0 bridgehead atoms. The minimum atomic E-state index is -3.46. The maximum atomic E-state index is 12.9. The maximum Gasteiger partial charge on any atom is 0.243 e. The molecule has 0 aliphatic carbocycles. The molecule has 1 aliphatic rings. The van der Waals surface area contributed by atoms with Gasteiger partial charge in [0.25, 0.3) is 0 Å². The summed E-state index contributed by atoms with van der Waals surface area (Å²) in [5, 5.41) is 2.74. The Labute approximate surface area is 154 Å². The van der Waals surface area contributed by atoms with Crippen molar-refractivity contribution in [2.45, 2.75) is 18.7 Å². The van der Waals surface area contributed by atoms with Gasteiger partial charge in [-0.2, -0.15) is 4.31 Å². The Hall–Kier alpha value is -2.38. The fourth-order valence-electron chi connectivity index (χ4n) is 3.13. The fourth-order valence-corrected chi connectivity index (χ4v) is 4.78. The Morgan fingerprint density at radius 1 is 0.962 bits per heavy atom. The minimum absolute atomic E-state index is 0.104. The van der Waals surface area contributed by atoms with Crippen LogP contribution in [0.2, 0.25) is 0 Å². The molecule has 138 valence electrons. The van der Waals surface area contributed by atoms with Crippen molar-refractivity contribution in [1.29, 1.82) is 0 Å². The first-order valence-corrected chi connectivity index (χ1v) is 10.0. The smallest absolute Gasteiger partial charge is 0.243 e. The third-order valence-electron chi connectivity index (χ3n) is 4.50. The highest BCUT2D eigenvalue weighted by atomic mass is 32.2. The number of anilines is 2. The third-order valence-corrected chi connectivity index (χ3v) is 6.56. The number of amides is 1. The van der Waals surface area contributed by atoms with Crippen LogP contribution in [0.3, 0.4) is 0 Å². The summed E-state index contributed by atoms with van der Waals surface area (Å²) in [5.41, 5.74) is 2.54. The molecular weight excluding hydrogens is 350 g/mol. The van der Waals surface area contributed by atoms with Crippen molar-refractivity contribution in [3.05, 3.63) is 54.1 Å². The lowest BCUT2D eigenvalue weighted by atomic mass is 10.2. The zero-order valence-electron chi connectivity index (χ0n) is 15.0. The number of carbonyl (C=O) groups excluding carboxylic acids is 1. The van der Waals surface area contributed by atoms with Crippen molar-refractivity contribution in [3.8, 4) is 0 Å². The zero-order chi connectivity index (χ0) is 18.7. The Morgan fingerprint density at radius 3 is 2.15 bits per heavy atom. The van der Waals surface area contributed by atoms with Gasteiger partial charge in [0.05, 0.1) is 4.90 Å². The molecule has 0 aromatic heterocycles. The van der Waals surface area contributed by atoms with Crippen molar-refractivity contribution in [3.63, 3.8) is 0 Å². The molecule has 1 amide bonds. The molecule has 1 fully saturated rings. The number of carbonyl (C=O) groups is 1. The van der Waals surface area contributed by atoms with Gasteiger partial charge in [0.2, 0.25) is 15.9 Å². The summed E-state index contributed by atoms with van der Waals surface area (Å²) in [4.78, 5) is 13.6. The predicted octanol–water partition coefficient (Wildman–Crippen LogP) is 2.46. The molecule has 0 spiro atoms. The van der Waals surface area contributed by atoms with Gasteiger partial charge in [0.15, 0.2) is 0 Å². The van der Waals surface area contributed by atoms with E-state index in [2.05, 4.69) is 10.2 Å². The van der Waals surface area contributed by atoms with Crippen LogP contribution in [0.25, 0.3) is 0 Å². The molecule has 1 aliphatic heterocycles.